The molecule has 1 saturated heterocycles. The molecule has 4 rings (SSSR count). The van der Waals surface area contributed by atoms with Crippen molar-refractivity contribution in [3.63, 3.8) is 0 Å². The molecule has 2 aliphatic rings. The van der Waals surface area contributed by atoms with Crippen LogP contribution >= 0.6 is 47.1 Å². The Morgan fingerprint density at radius 2 is 1.81 bits per heavy atom. The third-order valence-electron chi connectivity index (χ3n) is 5.17. The number of thiazole rings is 1. The first kappa shape index (κ1) is 26.0. The average molecular weight is 566 g/mol. The molecule has 0 aliphatic carbocycles. The highest BCUT2D eigenvalue weighted by molar-refractivity contribution is 8.30. The van der Waals surface area contributed by atoms with Crippen LogP contribution in [0.4, 0.5) is 5.69 Å². The van der Waals surface area contributed by atoms with Gasteiger partial charge in [-0.3, -0.25) is 28.6 Å². The first-order valence-corrected chi connectivity index (χ1v) is 13.3. The SMILES string of the molecule is CCN1C(=CC=c2s/c(=C3\SC(=S)N(CC(=O)O)C3=O)n(CC(=O)O)c2=O)Sc2ccc(OC)cc21. The first-order valence-electron chi connectivity index (χ1n) is 10.4. The highest BCUT2D eigenvalue weighted by Gasteiger charge is 2.35. The van der Waals surface area contributed by atoms with Crippen molar-refractivity contribution >= 4 is 85.9 Å². The quantitative estimate of drug-likeness (QED) is 0.472. The number of aromatic nitrogens is 1. The summed E-state index contributed by atoms with van der Waals surface area (Å²) in [5, 5.41) is 19.3. The standard InChI is InChI=1S/C22H19N3O7S4/c1-3-23-12-8-11(32-2)4-5-13(12)34-15(23)7-6-14-19(30)24(9-16(26)27)21(35-14)18-20(31)25(10-17(28)29)22(33)36-18/h4-8H,3,9-10H2,1-2H3,(H,26,27)(H,28,29)/b14-6?,15-7?,21-18-. The van der Waals surface area contributed by atoms with Gasteiger partial charge in [0.1, 0.15) is 32.7 Å². The summed E-state index contributed by atoms with van der Waals surface area (Å²) in [5.74, 6) is -2.45. The number of ether oxygens (including phenoxy) is 1. The van der Waals surface area contributed by atoms with E-state index in [9.17, 15) is 24.3 Å². The normalized spacial score (nSPS) is 18.4. The summed E-state index contributed by atoms with van der Waals surface area (Å²) < 4.78 is 6.71. The smallest absolute Gasteiger partial charge is 0.323 e. The van der Waals surface area contributed by atoms with Crippen LogP contribution in [0.15, 0.2) is 39.0 Å². The zero-order valence-corrected chi connectivity index (χ0v) is 22.2. The Morgan fingerprint density at radius 1 is 1.08 bits per heavy atom. The fraction of sp³-hybridized carbons (Fsp3) is 0.227. The zero-order chi connectivity index (χ0) is 26.1. The number of rotatable bonds is 7. The maximum absolute atomic E-state index is 13.1. The molecule has 0 bridgehead atoms. The van der Waals surface area contributed by atoms with E-state index >= 15 is 0 Å². The summed E-state index contributed by atoms with van der Waals surface area (Å²) in [4.78, 5) is 52.6. The molecule has 2 N–H and O–H groups in total. The third kappa shape index (κ3) is 4.93. The van der Waals surface area contributed by atoms with Crippen LogP contribution in [-0.2, 0) is 20.9 Å². The van der Waals surface area contributed by atoms with Gasteiger partial charge in [0, 0.05) is 17.5 Å². The molecule has 2 aromatic rings. The molecule has 188 valence electrons. The van der Waals surface area contributed by atoms with E-state index < -0.39 is 36.5 Å². The summed E-state index contributed by atoms with van der Waals surface area (Å²) in [6, 6.07) is 5.76. The van der Waals surface area contributed by atoms with E-state index in [4.69, 9.17) is 22.1 Å². The van der Waals surface area contributed by atoms with Crippen molar-refractivity contribution in [2.24, 2.45) is 0 Å². The van der Waals surface area contributed by atoms with Crippen molar-refractivity contribution in [3.05, 3.63) is 48.9 Å². The van der Waals surface area contributed by atoms with Crippen molar-refractivity contribution < 1.29 is 29.3 Å². The van der Waals surface area contributed by atoms with Crippen LogP contribution in [0.2, 0.25) is 0 Å². The minimum Gasteiger partial charge on any atom is -0.497 e. The lowest BCUT2D eigenvalue weighted by Crippen LogP contribution is -2.36. The largest absolute Gasteiger partial charge is 0.497 e. The number of methoxy groups -OCH3 is 1. The van der Waals surface area contributed by atoms with Gasteiger partial charge in [-0.1, -0.05) is 35.7 Å². The molecule has 1 aromatic carbocycles. The van der Waals surface area contributed by atoms with Crippen molar-refractivity contribution in [1.29, 1.82) is 0 Å². The van der Waals surface area contributed by atoms with Crippen molar-refractivity contribution in [1.82, 2.24) is 9.47 Å². The number of anilines is 1. The minimum atomic E-state index is -1.25. The van der Waals surface area contributed by atoms with Crippen LogP contribution in [0.25, 0.3) is 11.0 Å². The number of allylic oxidation sites excluding steroid dienone is 1. The number of carboxylic acid groups (broad SMARTS) is 2. The molecule has 10 nitrogen and oxygen atoms in total. The maximum atomic E-state index is 13.1. The van der Waals surface area contributed by atoms with Crippen LogP contribution < -0.4 is 24.4 Å². The van der Waals surface area contributed by atoms with Crippen molar-refractivity contribution in [2.45, 2.75) is 18.4 Å². The second-order valence-electron chi connectivity index (χ2n) is 7.39. The molecule has 0 saturated carbocycles. The monoisotopic (exact) mass is 565 g/mol. The van der Waals surface area contributed by atoms with Gasteiger partial charge in [-0.05, 0) is 31.2 Å². The highest BCUT2D eigenvalue weighted by atomic mass is 32.2. The number of hydrogen-bond donors (Lipinski definition) is 2. The summed E-state index contributed by atoms with van der Waals surface area (Å²) in [5.41, 5.74) is 0.412. The molecular weight excluding hydrogens is 547 g/mol. The molecule has 1 amide bonds. The summed E-state index contributed by atoms with van der Waals surface area (Å²) >= 11 is 8.47. The molecule has 1 aromatic heterocycles. The molecule has 2 aliphatic heterocycles. The predicted molar refractivity (Wildman–Crippen MR) is 143 cm³/mol. The fourth-order valence-electron chi connectivity index (χ4n) is 3.58. The highest BCUT2D eigenvalue weighted by Crippen LogP contribution is 2.47. The molecular formula is C22H19N3O7S4. The van der Waals surface area contributed by atoms with Crippen LogP contribution in [0.3, 0.4) is 0 Å². The number of hydrogen-bond acceptors (Lipinski definition) is 10. The fourth-order valence-corrected chi connectivity index (χ4v) is 7.15. The molecule has 0 atom stereocenters. The first-order chi connectivity index (χ1) is 17.1. The number of aliphatic carboxylic acids is 2. The van der Waals surface area contributed by atoms with E-state index in [-0.39, 0.29) is 18.4 Å². The van der Waals surface area contributed by atoms with Gasteiger partial charge in [-0.25, -0.2) is 0 Å². The number of carbonyl (C=O) groups excluding carboxylic acids is 1. The van der Waals surface area contributed by atoms with Crippen LogP contribution in [0, 0.1) is 0 Å². The van der Waals surface area contributed by atoms with Gasteiger partial charge in [-0.2, -0.15) is 0 Å². The molecule has 14 heteroatoms. The van der Waals surface area contributed by atoms with Crippen LogP contribution in [0.1, 0.15) is 6.92 Å². The number of thiocarbonyl (C=S) groups is 1. The molecule has 0 radical (unpaired) electrons. The number of amides is 1. The molecule has 3 heterocycles. The van der Waals surface area contributed by atoms with E-state index in [1.807, 2.05) is 25.1 Å². The topological polar surface area (TPSA) is 129 Å². The van der Waals surface area contributed by atoms with E-state index in [2.05, 4.69) is 4.90 Å². The summed E-state index contributed by atoms with van der Waals surface area (Å²) in [7, 11) is 1.60. The maximum Gasteiger partial charge on any atom is 0.323 e. The molecule has 0 unspecified atom stereocenters. The number of benzene rings is 1. The third-order valence-corrected chi connectivity index (χ3v) is 9.01. The van der Waals surface area contributed by atoms with Gasteiger partial charge >= 0.3 is 11.9 Å². The summed E-state index contributed by atoms with van der Waals surface area (Å²) in [6.45, 7) is 1.39. The van der Waals surface area contributed by atoms with Crippen LogP contribution in [0.5, 0.6) is 5.75 Å². The second-order valence-corrected chi connectivity index (χ2v) is 11.1. The Labute approximate surface area is 222 Å². The number of fused-ring (bicyclic) bond motifs is 1. The Bertz CT molecular complexity index is 1510. The Morgan fingerprint density at radius 3 is 2.44 bits per heavy atom. The Kier molecular flexibility index (Phi) is 7.59. The van der Waals surface area contributed by atoms with E-state index in [1.165, 1.54) is 11.8 Å². The lowest BCUT2D eigenvalue weighted by molar-refractivity contribution is -0.140. The summed E-state index contributed by atoms with van der Waals surface area (Å²) in [6.07, 6.45) is 3.37. The van der Waals surface area contributed by atoms with Crippen molar-refractivity contribution in [2.75, 3.05) is 25.1 Å². The lowest BCUT2D eigenvalue weighted by atomic mass is 10.2. The van der Waals surface area contributed by atoms with E-state index in [0.717, 1.165) is 53.9 Å². The second kappa shape index (κ2) is 10.5. The number of thioether (sulfide) groups is 2. The molecule has 1 fully saturated rings. The van der Waals surface area contributed by atoms with E-state index in [0.29, 0.717) is 6.54 Å². The van der Waals surface area contributed by atoms with Crippen molar-refractivity contribution in [3.8, 4) is 5.75 Å². The Balaban J connectivity index is 1.81. The number of nitrogens with zero attached hydrogens (tertiary/aromatic N) is 3. The molecule has 0 spiro atoms. The lowest BCUT2D eigenvalue weighted by Gasteiger charge is -2.18. The average Bonchev–Trinajstić information content (AvgIpc) is 3.43. The van der Waals surface area contributed by atoms with Gasteiger partial charge in [0.05, 0.1) is 22.4 Å². The number of carboxylic acids is 2. The Hall–Kier alpha value is -3.07. The minimum absolute atomic E-state index is 0.0295. The van der Waals surface area contributed by atoms with E-state index in [1.54, 1.807) is 19.3 Å². The predicted octanol–water partition coefficient (Wildman–Crippen LogP) is 1.31. The van der Waals surface area contributed by atoms with Gasteiger partial charge in [-0.15, -0.1) is 11.3 Å². The van der Waals surface area contributed by atoms with Gasteiger partial charge < -0.3 is 19.8 Å². The van der Waals surface area contributed by atoms with Gasteiger partial charge in [0.15, 0.2) is 0 Å². The van der Waals surface area contributed by atoms with Gasteiger partial charge in [0.2, 0.25) is 0 Å². The molecule has 36 heavy (non-hydrogen) atoms. The number of carbonyl (C=O) groups is 3. The van der Waals surface area contributed by atoms with Crippen LogP contribution in [-0.4, -0.2) is 62.0 Å². The zero-order valence-electron chi connectivity index (χ0n) is 18.9. The van der Waals surface area contributed by atoms with Gasteiger partial charge in [0.25, 0.3) is 11.5 Å².